The van der Waals surface area contributed by atoms with E-state index in [0.29, 0.717) is 19.3 Å². The summed E-state index contributed by atoms with van der Waals surface area (Å²) < 4.78 is 16.6. The molecule has 6 nitrogen and oxygen atoms in total. The molecule has 1 unspecified atom stereocenters. The normalized spacial score (nSPS) is 13.2. The highest BCUT2D eigenvalue weighted by Gasteiger charge is 2.19. The first-order chi connectivity index (χ1) is 31.5. The summed E-state index contributed by atoms with van der Waals surface area (Å²) in [5.74, 6) is -1.11. The van der Waals surface area contributed by atoms with E-state index in [2.05, 4.69) is 148 Å². The molecule has 358 valence electrons. The van der Waals surface area contributed by atoms with Gasteiger partial charge in [0.25, 0.3) is 0 Å². The fraction of sp³-hybridized carbons (Fsp3) is 0.569. The zero-order chi connectivity index (χ0) is 46.5. The molecule has 0 aliphatic heterocycles. The number of carbonyl (C=O) groups is 3. The fourth-order valence-corrected chi connectivity index (χ4v) is 6.17. The summed E-state index contributed by atoms with van der Waals surface area (Å²) in [6.07, 6.45) is 71.7. The summed E-state index contributed by atoms with van der Waals surface area (Å²) >= 11 is 0. The van der Waals surface area contributed by atoms with Crippen LogP contribution >= 0.6 is 0 Å². The first kappa shape index (κ1) is 59.5. The van der Waals surface area contributed by atoms with Gasteiger partial charge in [0.1, 0.15) is 13.2 Å². The number of hydrogen-bond acceptors (Lipinski definition) is 6. The van der Waals surface area contributed by atoms with Gasteiger partial charge < -0.3 is 14.2 Å². The van der Waals surface area contributed by atoms with Crippen LogP contribution in [0, 0.1) is 0 Å². The largest absolute Gasteiger partial charge is 0.462 e. The molecule has 0 saturated carbocycles. The summed E-state index contributed by atoms with van der Waals surface area (Å²) in [4.78, 5) is 37.9. The molecule has 0 radical (unpaired) electrons. The van der Waals surface area contributed by atoms with Gasteiger partial charge in [-0.05, 0) is 116 Å². The van der Waals surface area contributed by atoms with Gasteiger partial charge in [0.2, 0.25) is 0 Å². The van der Waals surface area contributed by atoms with E-state index in [0.717, 1.165) is 96.3 Å². The molecule has 0 aliphatic carbocycles. The maximum atomic E-state index is 12.8. The standard InChI is InChI=1S/C58H90O6/c1-4-7-10-13-16-19-22-25-27-29-31-33-36-39-42-45-48-51-57(60)63-54-55(53-62-56(59)50-47-44-41-38-35-32-24-21-18-15-12-9-6-3)64-58(61)52-49-46-43-40-37-34-30-28-26-23-20-17-14-11-8-5-2/h7-8,10-11,16-17,19-20,25-28,31-35,37,39,41-42,44,55H,4-6,9,12-15,18,21-24,29-30,36,38,40,43,45-54H2,1-3H3/b10-7+,11-8+,19-16+,20-17+,27-25+,28-26+,33-31+,35-32+,37-34+,42-39+,44-41+. The third kappa shape index (κ3) is 48.6. The highest BCUT2D eigenvalue weighted by molar-refractivity contribution is 5.71. The lowest BCUT2D eigenvalue weighted by molar-refractivity contribution is -0.166. The zero-order valence-electron chi connectivity index (χ0n) is 40.7. The van der Waals surface area contributed by atoms with Crippen molar-refractivity contribution in [2.24, 2.45) is 0 Å². The molecule has 0 fully saturated rings. The Kier molecular flexibility index (Phi) is 47.6. The van der Waals surface area contributed by atoms with Crippen LogP contribution in [0.15, 0.2) is 134 Å². The Morgan fingerprint density at radius 1 is 0.328 bits per heavy atom. The van der Waals surface area contributed by atoms with Gasteiger partial charge in [-0.2, -0.15) is 0 Å². The SMILES string of the molecule is CC/C=C/C/C=C/C/C=C/C/C=C/C/C=C/CCCC(=O)OCC(COC(=O)CC/C=C/C/C=C/CCCCCCCC)OC(=O)CCCCC/C=C/C/C=C/C/C=C/C/C=C/CC. The van der Waals surface area contributed by atoms with Crippen LogP contribution in [0.5, 0.6) is 0 Å². The summed E-state index contributed by atoms with van der Waals surface area (Å²) in [5, 5.41) is 0. The van der Waals surface area contributed by atoms with Crippen molar-refractivity contribution >= 4 is 17.9 Å². The lowest BCUT2D eigenvalue weighted by Crippen LogP contribution is -2.30. The molecule has 0 N–H and O–H groups in total. The van der Waals surface area contributed by atoms with Crippen LogP contribution < -0.4 is 0 Å². The van der Waals surface area contributed by atoms with Crippen molar-refractivity contribution < 1.29 is 28.6 Å². The first-order valence-electron chi connectivity index (χ1n) is 25.2. The van der Waals surface area contributed by atoms with Crippen LogP contribution in [-0.2, 0) is 28.6 Å². The third-order valence-corrected chi connectivity index (χ3v) is 9.88. The van der Waals surface area contributed by atoms with Crippen molar-refractivity contribution in [2.45, 2.75) is 200 Å². The van der Waals surface area contributed by atoms with Crippen molar-refractivity contribution in [3.8, 4) is 0 Å². The van der Waals surface area contributed by atoms with Crippen molar-refractivity contribution in [1.29, 1.82) is 0 Å². The van der Waals surface area contributed by atoms with E-state index in [9.17, 15) is 14.4 Å². The Morgan fingerprint density at radius 2 is 0.656 bits per heavy atom. The van der Waals surface area contributed by atoms with Gasteiger partial charge in [0, 0.05) is 19.3 Å². The van der Waals surface area contributed by atoms with Gasteiger partial charge in [-0.1, -0.05) is 193 Å². The molecule has 0 saturated heterocycles. The molecule has 6 heteroatoms. The highest BCUT2D eigenvalue weighted by Crippen LogP contribution is 2.10. The second-order valence-electron chi connectivity index (χ2n) is 16.0. The second kappa shape index (κ2) is 51.2. The highest BCUT2D eigenvalue weighted by atomic mass is 16.6. The lowest BCUT2D eigenvalue weighted by Gasteiger charge is -2.18. The number of allylic oxidation sites excluding steroid dienone is 22. The monoisotopic (exact) mass is 883 g/mol. The fourth-order valence-electron chi connectivity index (χ4n) is 6.17. The van der Waals surface area contributed by atoms with E-state index in [1.807, 2.05) is 6.08 Å². The van der Waals surface area contributed by atoms with E-state index in [4.69, 9.17) is 14.2 Å². The summed E-state index contributed by atoms with van der Waals surface area (Å²) in [5.41, 5.74) is 0. The molecule has 0 bridgehead atoms. The molecule has 64 heavy (non-hydrogen) atoms. The molecule has 0 aromatic carbocycles. The maximum absolute atomic E-state index is 12.8. The minimum absolute atomic E-state index is 0.143. The number of unbranched alkanes of at least 4 members (excludes halogenated alkanes) is 10. The molecule has 0 aliphatic rings. The van der Waals surface area contributed by atoms with Crippen molar-refractivity contribution in [1.82, 2.24) is 0 Å². The third-order valence-electron chi connectivity index (χ3n) is 9.88. The minimum atomic E-state index is -0.844. The topological polar surface area (TPSA) is 78.9 Å². The molecule has 0 aromatic rings. The maximum Gasteiger partial charge on any atom is 0.306 e. The number of esters is 3. The minimum Gasteiger partial charge on any atom is -0.462 e. The van der Waals surface area contributed by atoms with Gasteiger partial charge in [0.15, 0.2) is 6.10 Å². The first-order valence-corrected chi connectivity index (χ1v) is 25.2. The quantitative estimate of drug-likeness (QED) is 0.0263. The average molecular weight is 883 g/mol. The molecule has 0 spiro atoms. The summed E-state index contributed by atoms with van der Waals surface area (Å²) in [6, 6.07) is 0. The van der Waals surface area contributed by atoms with Crippen LogP contribution in [0.25, 0.3) is 0 Å². The van der Waals surface area contributed by atoms with Crippen LogP contribution in [0.2, 0.25) is 0 Å². The van der Waals surface area contributed by atoms with Crippen molar-refractivity contribution in [3.63, 3.8) is 0 Å². The molecular weight excluding hydrogens is 793 g/mol. The Balaban J connectivity index is 4.63. The van der Waals surface area contributed by atoms with Gasteiger partial charge in [0.05, 0.1) is 0 Å². The Bertz CT molecular complexity index is 1430. The van der Waals surface area contributed by atoms with Gasteiger partial charge >= 0.3 is 17.9 Å². The molecule has 1 atom stereocenters. The molecule has 0 aromatic heterocycles. The molecule has 0 rings (SSSR count). The van der Waals surface area contributed by atoms with Crippen LogP contribution in [0.3, 0.4) is 0 Å². The number of carbonyl (C=O) groups excluding carboxylic acids is 3. The Morgan fingerprint density at radius 3 is 1.09 bits per heavy atom. The van der Waals surface area contributed by atoms with Gasteiger partial charge in [-0.25, -0.2) is 0 Å². The smallest absolute Gasteiger partial charge is 0.306 e. The summed E-state index contributed by atoms with van der Waals surface area (Å²) in [7, 11) is 0. The lowest BCUT2D eigenvalue weighted by atomic mass is 10.1. The Hall–Kier alpha value is -4.45. The molecule has 0 heterocycles. The Labute approximate surface area is 392 Å². The van der Waals surface area contributed by atoms with Crippen LogP contribution in [0.4, 0.5) is 0 Å². The van der Waals surface area contributed by atoms with Crippen LogP contribution in [-0.4, -0.2) is 37.2 Å². The van der Waals surface area contributed by atoms with E-state index in [1.54, 1.807) is 0 Å². The number of hydrogen-bond donors (Lipinski definition) is 0. The van der Waals surface area contributed by atoms with Gasteiger partial charge in [-0.3, -0.25) is 14.4 Å². The van der Waals surface area contributed by atoms with E-state index < -0.39 is 6.10 Å². The van der Waals surface area contributed by atoms with E-state index in [1.165, 1.54) is 38.5 Å². The second-order valence-corrected chi connectivity index (χ2v) is 16.0. The number of rotatable bonds is 43. The number of ether oxygens (including phenoxy) is 3. The molecular formula is C58H90O6. The average Bonchev–Trinajstić information content (AvgIpc) is 3.29. The predicted octanol–water partition coefficient (Wildman–Crippen LogP) is 16.7. The summed E-state index contributed by atoms with van der Waals surface area (Å²) in [6.45, 7) is 6.24. The van der Waals surface area contributed by atoms with Gasteiger partial charge in [-0.15, -0.1) is 0 Å². The van der Waals surface area contributed by atoms with Crippen molar-refractivity contribution in [3.05, 3.63) is 134 Å². The van der Waals surface area contributed by atoms with E-state index >= 15 is 0 Å². The molecule has 0 amide bonds. The predicted molar refractivity (Wildman–Crippen MR) is 274 cm³/mol. The van der Waals surface area contributed by atoms with Crippen LogP contribution in [0.1, 0.15) is 194 Å². The van der Waals surface area contributed by atoms with Crippen molar-refractivity contribution in [2.75, 3.05) is 13.2 Å². The zero-order valence-corrected chi connectivity index (χ0v) is 40.7. The van der Waals surface area contributed by atoms with E-state index in [-0.39, 0.29) is 50.4 Å².